The number of piperidine rings is 2. The van der Waals surface area contributed by atoms with Gasteiger partial charge in [-0.15, -0.1) is 0 Å². The van der Waals surface area contributed by atoms with Crippen molar-refractivity contribution in [2.45, 2.75) is 50.5 Å². The van der Waals surface area contributed by atoms with Gasteiger partial charge in [0.05, 0.1) is 6.61 Å². The summed E-state index contributed by atoms with van der Waals surface area (Å²) in [5.41, 5.74) is 0.593. The van der Waals surface area contributed by atoms with E-state index in [-0.39, 0.29) is 5.60 Å². The molecule has 0 aromatic carbocycles. The van der Waals surface area contributed by atoms with Crippen molar-refractivity contribution < 1.29 is 9.78 Å². The Morgan fingerprint density at radius 1 is 0.800 bits per heavy atom. The zero-order chi connectivity index (χ0) is 13.5. The topological polar surface area (TPSA) is 42.5 Å². The standard InChI is InChI=1S/C16H28N2O2/c1-2-4-15(3-1)5-8-18-11-13(15)14-12-19-20-16(14)6-9-17-10-7-16/h13-14,17-18H,1-12H2. The Morgan fingerprint density at radius 3 is 2.35 bits per heavy atom. The first kappa shape index (κ1) is 13.5. The molecule has 3 aliphatic heterocycles. The lowest BCUT2D eigenvalue weighted by atomic mass is 9.60. The van der Waals surface area contributed by atoms with E-state index in [0.29, 0.717) is 11.3 Å². The van der Waals surface area contributed by atoms with Crippen molar-refractivity contribution >= 4 is 0 Å². The summed E-state index contributed by atoms with van der Waals surface area (Å²) in [7, 11) is 0. The van der Waals surface area contributed by atoms with Crippen LogP contribution in [0.5, 0.6) is 0 Å². The molecule has 0 bridgehead atoms. The Bertz CT molecular complexity index is 348. The Hall–Kier alpha value is -0.160. The summed E-state index contributed by atoms with van der Waals surface area (Å²) in [4.78, 5) is 11.4. The van der Waals surface area contributed by atoms with Gasteiger partial charge in [0.2, 0.25) is 0 Å². The lowest BCUT2D eigenvalue weighted by Crippen LogP contribution is -2.55. The zero-order valence-electron chi connectivity index (χ0n) is 12.5. The normalized spacial score (nSPS) is 39.6. The lowest BCUT2D eigenvalue weighted by Gasteiger charge is -2.49. The molecule has 1 saturated carbocycles. The van der Waals surface area contributed by atoms with E-state index < -0.39 is 0 Å². The molecule has 4 aliphatic rings. The van der Waals surface area contributed by atoms with Crippen LogP contribution >= 0.6 is 0 Å². The predicted octanol–water partition coefficient (Wildman–Crippen LogP) is 1.86. The number of hydrogen-bond acceptors (Lipinski definition) is 4. The first-order chi connectivity index (χ1) is 9.85. The minimum atomic E-state index is 0.00449. The molecule has 4 heteroatoms. The number of rotatable bonds is 1. The molecule has 3 saturated heterocycles. The SMILES string of the molecule is C1CCC2(C1)CCNCC2C1COOC12CCNCC2. The van der Waals surface area contributed by atoms with Crippen LogP contribution in [0.3, 0.4) is 0 Å². The van der Waals surface area contributed by atoms with Crippen molar-refractivity contribution in [2.75, 3.05) is 32.8 Å². The lowest BCUT2D eigenvalue weighted by molar-refractivity contribution is -0.315. The average molecular weight is 280 g/mol. The molecule has 2 N–H and O–H groups in total. The highest BCUT2D eigenvalue weighted by molar-refractivity contribution is 5.05. The van der Waals surface area contributed by atoms with Crippen LogP contribution in [0.4, 0.5) is 0 Å². The van der Waals surface area contributed by atoms with Crippen molar-refractivity contribution in [3.05, 3.63) is 0 Å². The van der Waals surface area contributed by atoms with Crippen LogP contribution in [-0.4, -0.2) is 38.4 Å². The fraction of sp³-hybridized carbons (Fsp3) is 1.00. The van der Waals surface area contributed by atoms with E-state index in [1.165, 1.54) is 45.2 Å². The van der Waals surface area contributed by atoms with Crippen LogP contribution in [0.1, 0.15) is 44.9 Å². The Morgan fingerprint density at radius 2 is 1.55 bits per heavy atom. The van der Waals surface area contributed by atoms with Gasteiger partial charge in [0.1, 0.15) is 5.60 Å². The molecule has 2 atom stereocenters. The second kappa shape index (κ2) is 5.24. The molecule has 0 aromatic heterocycles. The van der Waals surface area contributed by atoms with Crippen LogP contribution in [-0.2, 0) is 9.78 Å². The van der Waals surface area contributed by atoms with E-state index >= 15 is 0 Å². The Kier molecular flexibility index (Phi) is 3.53. The quantitative estimate of drug-likeness (QED) is 0.720. The summed E-state index contributed by atoms with van der Waals surface area (Å²) in [6.07, 6.45) is 9.32. The fourth-order valence-corrected chi connectivity index (χ4v) is 5.49. The summed E-state index contributed by atoms with van der Waals surface area (Å²) in [5.74, 6) is 1.34. The van der Waals surface area contributed by atoms with Gasteiger partial charge in [-0.1, -0.05) is 12.8 Å². The summed E-state index contributed by atoms with van der Waals surface area (Å²) >= 11 is 0. The van der Waals surface area contributed by atoms with Gasteiger partial charge in [-0.25, -0.2) is 9.78 Å². The molecule has 4 rings (SSSR count). The number of nitrogens with one attached hydrogen (secondary N) is 2. The second-order valence-electron chi connectivity index (χ2n) is 7.42. The maximum Gasteiger partial charge on any atom is 0.111 e. The average Bonchev–Trinajstić information content (AvgIpc) is 3.10. The monoisotopic (exact) mass is 280 g/mol. The van der Waals surface area contributed by atoms with Gasteiger partial charge in [-0.3, -0.25) is 0 Å². The molecule has 20 heavy (non-hydrogen) atoms. The van der Waals surface area contributed by atoms with Crippen LogP contribution in [0.2, 0.25) is 0 Å². The van der Waals surface area contributed by atoms with Gasteiger partial charge in [-0.05, 0) is 69.6 Å². The molecule has 4 nitrogen and oxygen atoms in total. The van der Waals surface area contributed by atoms with Gasteiger partial charge in [0, 0.05) is 5.92 Å². The molecular weight excluding hydrogens is 252 g/mol. The van der Waals surface area contributed by atoms with Crippen LogP contribution in [0.15, 0.2) is 0 Å². The van der Waals surface area contributed by atoms with Gasteiger partial charge in [0.15, 0.2) is 0 Å². The Labute approximate surface area is 121 Å². The molecule has 2 unspecified atom stereocenters. The third kappa shape index (κ3) is 2.04. The minimum Gasteiger partial charge on any atom is -0.317 e. The predicted molar refractivity (Wildman–Crippen MR) is 77.2 cm³/mol. The summed E-state index contributed by atoms with van der Waals surface area (Å²) in [6.45, 7) is 5.35. The molecule has 3 heterocycles. The fourth-order valence-electron chi connectivity index (χ4n) is 5.49. The van der Waals surface area contributed by atoms with Crippen LogP contribution in [0, 0.1) is 17.3 Å². The van der Waals surface area contributed by atoms with Crippen LogP contribution in [0.25, 0.3) is 0 Å². The third-order valence-electron chi connectivity index (χ3n) is 6.63. The smallest absolute Gasteiger partial charge is 0.111 e. The van der Waals surface area contributed by atoms with E-state index in [1.807, 2.05) is 0 Å². The molecule has 0 amide bonds. The molecular formula is C16H28N2O2. The van der Waals surface area contributed by atoms with Crippen molar-refractivity contribution in [1.29, 1.82) is 0 Å². The summed E-state index contributed by atoms with van der Waals surface area (Å²) in [6, 6.07) is 0. The third-order valence-corrected chi connectivity index (χ3v) is 6.63. The van der Waals surface area contributed by atoms with E-state index in [0.717, 1.165) is 38.5 Å². The largest absolute Gasteiger partial charge is 0.317 e. The molecule has 114 valence electrons. The second-order valence-corrected chi connectivity index (χ2v) is 7.42. The van der Waals surface area contributed by atoms with E-state index in [4.69, 9.17) is 9.78 Å². The van der Waals surface area contributed by atoms with Crippen molar-refractivity contribution in [2.24, 2.45) is 17.3 Å². The van der Waals surface area contributed by atoms with E-state index in [2.05, 4.69) is 10.6 Å². The first-order valence-electron chi connectivity index (χ1n) is 8.57. The van der Waals surface area contributed by atoms with Gasteiger partial charge in [0.25, 0.3) is 0 Å². The van der Waals surface area contributed by atoms with Crippen LogP contribution < -0.4 is 10.6 Å². The molecule has 0 aromatic rings. The highest BCUT2D eigenvalue weighted by Gasteiger charge is 2.56. The molecule has 2 spiro atoms. The number of hydrogen-bond donors (Lipinski definition) is 2. The molecule has 0 radical (unpaired) electrons. The van der Waals surface area contributed by atoms with Gasteiger partial charge < -0.3 is 10.6 Å². The highest BCUT2D eigenvalue weighted by atomic mass is 17.2. The van der Waals surface area contributed by atoms with Crippen molar-refractivity contribution in [3.8, 4) is 0 Å². The summed E-state index contributed by atoms with van der Waals surface area (Å²) < 4.78 is 0. The van der Waals surface area contributed by atoms with Crippen molar-refractivity contribution in [1.82, 2.24) is 10.6 Å². The summed E-state index contributed by atoms with van der Waals surface area (Å²) in [5, 5.41) is 7.13. The molecule has 1 aliphatic carbocycles. The highest BCUT2D eigenvalue weighted by Crippen LogP contribution is 2.55. The van der Waals surface area contributed by atoms with Crippen molar-refractivity contribution in [3.63, 3.8) is 0 Å². The maximum atomic E-state index is 5.88. The first-order valence-corrected chi connectivity index (χ1v) is 8.57. The minimum absolute atomic E-state index is 0.00449. The van der Waals surface area contributed by atoms with Gasteiger partial charge in [-0.2, -0.15) is 0 Å². The van der Waals surface area contributed by atoms with E-state index in [1.54, 1.807) is 0 Å². The maximum absolute atomic E-state index is 5.88. The Balaban J connectivity index is 1.60. The zero-order valence-corrected chi connectivity index (χ0v) is 12.5. The molecule has 4 fully saturated rings. The van der Waals surface area contributed by atoms with E-state index in [9.17, 15) is 0 Å². The van der Waals surface area contributed by atoms with Gasteiger partial charge >= 0.3 is 0 Å².